The first-order valence-corrected chi connectivity index (χ1v) is 21.8. The second kappa shape index (κ2) is 13.9. The molecule has 2 nitrogen and oxygen atoms in total. The van der Waals surface area contributed by atoms with Gasteiger partial charge in [0.05, 0.1) is 16.4 Å². The molecule has 11 aromatic rings. The number of hydrogen-bond donors (Lipinski definition) is 0. The van der Waals surface area contributed by atoms with Crippen molar-refractivity contribution in [3.8, 4) is 50.2 Å². The molecular formula is C61H40N2. The third-order valence-corrected chi connectivity index (χ3v) is 13.6. The van der Waals surface area contributed by atoms with Crippen LogP contribution in [0.3, 0.4) is 0 Å². The number of rotatable bonds is 6. The van der Waals surface area contributed by atoms with E-state index in [1.165, 1.54) is 83.1 Å². The molecular weight excluding hydrogens is 761 g/mol. The van der Waals surface area contributed by atoms with Crippen molar-refractivity contribution >= 4 is 38.9 Å². The van der Waals surface area contributed by atoms with Crippen LogP contribution in [-0.4, -0.2) is 4.57 Å². The highest BCUT2D eigenvalue weighted by molar-refractivity contribution is 6.16. The fourth-order valence-electron chi connectivity index (χ4n) is 11.0. The molecule has 2 aliphatic carbocycles. The van der Waals surface area contributed by atoms with Crippen molar-refractivity contribution < 1.29 is 0 Å². The molecule has 0 fully saturated rings. The molecule has 2 aliphatic rings. The summed E-state index contributed by atoms with van der Waals surface area (Å²) in [5, 5.41) is 2.47. The highest BCUT2D eigenvalue weighted by Crippen LogP contribution is 2.63. The third-order valence-electron chi connectivity index (χ3n) is 13.6. The monoisotopic (exact) mass is 800 g/mol. The Morgan fingerprint density at radius 3 is 1.41 bits per heavy atom. The van der Waals surface area contributed by atoms with Gasteiger partial charge in [-0.05, 0) is 121 Å². The van der Waals surface area contributed by atoms with Crippen LogP contribution in [0.25, 0.3) is 72.0 Å². The quantitative estimate of drug-likeness (QED) is 0.163. The van der Waals surface area contributed by atoms with Crippen molar-refractivity contribution in [1.29, 1.82) is 0 Å². The van der Waals surface area contributed by atoms with Gasteiger partial charge in [0, 0.05) is 33.5 Å². The molecule has 2 heteroatoms. The van der Waals surface area contributed by atoms with Crippen LogP contribution in [0.4, 0.5) is 17.1 Å². The van der Waals surface area contributed by atoms with Crippen LogP contribution < -0.4 is 4.90 Å². The van der Waals surface area contributed by atoms with Gasteiger partial charge in [0.15, 0.2) is 0 Å². The zero-order valence-corrected chi connectivity index (χ0v) is 34.5. The number of hydrogen-bond acceptors (Lipinski definition) is 1. The van der Waals surface area contributed by atoms with Gasteiger partial charge in [0.2, 0.25) is 0 Å². The van der Waals surface area contributed by atoms with Crippen LogP contribution in [0.15, 0.2) is 243 Å². The molecule has 0 N–H and O–H groups in total. The van der Waals surface area contributed by atoms with Crippen LogP contribution in [0.2, 0.25) is 0 Å². The van der Waals surface area contributed by atoms with Gasteiger partial charge in [0.25, 0.3) is 0 Å². The van der Waals surface area contributed by atoms with E-state index < -0.39 is 5.41 Å². The van der Waals surface area contributed by atoms with Crippen molar-refractivity contribution in [1.82, 2.24) is 4.57 Å². The fourth-order valence-corrected chi connectivity index (χ4v) is 11.0. The number of para-hydroxylation sites is 1. The largest absolute Gasteiger partial charge is 0.310 e. The van der Waals surface area contributed by atoms with Gasteiger partial charge in [-0.2, -0.15) is 0 Å². The molecule has 1 spiro atoms. The first kappa shape index (κ1) is 35.5. The summed E-state index contributed by atoms with van der Waals surface area (Å²) in [4.78, 5) is 2.46. The maximum absolute atomic E-state index is 2.49. The first-order valence-electron chi connectivity index (χ1n) is 21.8. The van der Waals surface area contributed by atoms with Crippen molar-refractivity contribution in [3.63, 3.8) is 0 Å². The van der Waals surface area contributed by atoms with Gasteiger partial charge in [0.1, 0.15) is 0 Å². The lowest BCUT2D eigenvalue weighted by molar-refractivity contribution is 0.793. The van der Waals surface area contributed by atoms with Gasteiger partial charge in [-0.25, -0.2) is 0 Å². The van der Waals surface area contributed by atoms with Crippen LogP contribution in [0.5, 0.6) is 0 Å². The van der Waals surface area contributed by atoms with Crippen molar-refractivity contribution in [2.75, 3.05) is 4.90 Å². The number of nitrogens with zero attached hydrogens (tertiary/aromatic N) is 2. The van der Waals surface area contributed by atoms with Crippen LogP contribution in [0.1, 0.15) is 22.3 Å². The standard InChI is InChI=1S/C61H40N2/c1-4-17-41(18-5-1)42-31-33-45(34-32-42)62(47-36-38-53-59(40-47)63(44-21-8-3-9-22-44)58-30-16-26-48(60(53)58)43-19-6-2-7-20-43)46-35-37-52-51-25-12-15-29-56(51)61(57(52)39-46)54-27-13-10-23-49(54)50-24-11-14-28-55(50)61/h1-40H. The van der Waals surface area contributed by atoms with Gasteiger partial charge in [-0.1, -0.05) is 188 Å². The van der Waals surface area contributed by atoms with E-state index >= 15 is 0 Å². The number of aromatic nitrogens is 1. The minimum absolute atomic E-state index is 0.449. The zero-order valence-electron chi connectivity index (χ0n) is 34.5. The summed E-state index contributed by atoms with van der Waals surface area (Å²) >= 11 is 0. The van der Waals surface area contributed by atoms with E-state index in [1.54, 1.807) is 0 Å². The Morgan fingerprint density at radius 2 is 0.778 bits per heavy atom. The smallest absolute Gasteiger partial charge is 0.0726 e. The van der Waals surface area contributed by atoms with Crippen molar-refractivity contribution in [3.05, 3.63) is 265 Å². The molecule has 0 amide bonds. The zero-order chi connectivity index (χ0) is 41.5. The number of fused-ring (bicyclic) bond motifs is 13. The molecule has 10 aromatic carbocycles. The van der Waals surface area contributed by atoms with Gasteiger partial charge in [-0.15, -0.1) is 0 Å². The molecule has 0 saturated heterocycles. The van der Waals surface area contributed by atoms with Gasteiger partial charge >= 0.3 is 0 Å². The van der Waals surface area contributed by atoms with E-state index in [-0.39, 0.29) is 0 Å². The van der Waals surface area contributed by atoms with Crippen LogP contribution in [-0.2, 0) is 5.41 Å². The summed E-state index contributed by atoms with van der Waals surface area (Å²) in [6.45, 7) is 0. The average molecular weight is 801 g/mol. The minimum Gasteiger partial charge on any atom is -0.310 e. The second-order valence-corrected chi connectivity index (χ2v) is 16.8. The lowest BCUT2D eigenvalue weighted by atomic mass is 9.70. The second-order valence-electron chi connectivity index (χ2n) is 16.8. The molecule has 0 saturated carbocycles. The molecule has 0 unspecified atom stereocenters. The minimum atomic E-state index is -0.449. The molecule has 0 atom stereocenters. The lowest BCUT2D eigenvalue weighted by Gasteiger charge is -2.32. The Kier molecular flexibility index (Phi) is 7.85. The first-order chi connectivity index (χ1) is 31.3. The average Bonchev–Trinajstić information content (AvgIpc) is 3.97. The van der Waals surface area contributed by atoms with E-state index in [2.05, 4.69) is 252 Å². The highest BCUT2D eigenvalue weighted by Gasteiger charge is 2.51. The topological polar surface area (TPSA) is 8.17 Å². The maximum atomic E-state index is 2.49. The molecule has 0 bridgehead atoms. The van der Waals surface area contributed by atoms with Gasteiger partial charge < -0.3 is 9.47 Å². The highest BCUT2D eigenvalue weighted by atomic mass is 15.1. The summed E-state index contributed by atoms with van der Waals surface area (Å²) in [5.74, 6) is 0. The normalized spacial score (nSPS) is 12.9. The van der Waals surface area contributed by atoms with E-state index in [0.29, 0.717) is 0 Å². The number of benzene rings is 10. The predicted molar refractivity (Wildman–Crippen MR) is 263 cm³/mol. The van der Waals surface area contributed by atoms with Crippen molar-refractivity contribution in [2.24, 2.45) is 0 Å². The van der Waals surface area contributed by atoms with E-state index in [0.717, 1.165) is 28.3 Å². The molecule has 13 rings (SSSR count). The van der Waals surface area contributed by atoms with Crippen LogP contribution >= 0.6 is 0 Å². The van der Waals surface area contributed by atoms with Crippen molar-refractivity contribution in [2.45, 2.75) is 5.41 Å². The fraction of sp³-hybridized carbons (Fsp3) is 0.0164. The Balaban J connectivity index is 1.08. The Bertz CT molecular complexity index is 3480. The number of anilines is 3. The summed E-state index contributed by atoms with van der Waals surface area (Å²) in [5.41, 5.74) is 21.7. The van der Waals surface area contributed by atoms with E-state index in [1.807, 2.05) is 0 Å². The van der Waals surface area contributed by atoms with Crippen LogP contribution in [0, 0.1) is 0 Å². The molecule has 1 heterocycles. The Labute approximate surface area is 367 Å². The summed E-state index contributed by atoms with van der Waals surface area (Å²) in [6.07, 6.45) is 0. The molecule has 294 valence electrons. The maximum Gasteiger partial charge on any atom is 0.0726 e. The summed E-state index contributed by atoms with van der Waals surface area (Å²) in [7, 11) is 0. The molecule has 1 aromatic heterocycles. The Morgan fingerprint density at radius 1 is 0.302 bits per heavy atom. The molecule has 0 radical (unpaired) electrons. The SMILES string of the molecule is c1ccc(-c2ccc(N(c3ccc4c(c3)C3(c5ccccc5-c5ccccc53)c3ccccc3-4)c3ccc4c5c(-c6ccccc6)cccc5n(-c5ccccc5)c4c3)cc2)cc1. The third kappa shape index (κ3) is 5.19. The molecule has 0 aliphatic heterocycles. The van der Waals surface area contributed by atoms with E-state index in [4.69, 9.17) is 0 Å². The predicted octanol–water partition coefficient (Wildman–Crippen LogP) is 15.9. The molecule has 63 heavy (non-hydrogen) atoms. The summed E-state index contributed by atoms with van der Waals surface area (Å²) < 4.78 is 2.44. The van der Waals surface area contributed by atoms with Gasteiger partial charge in [-0.3, -0.25) is 0 Å². The lowest BCUT2D eigenvalue weighted by Crippen LogP contribution is -2.26. The summed E-state index contributed by atoms with van der Waals surface area (Å²) in [6, 6.07) is 89.5. The Hall–Kier alpha value is -8.20. The van der Waals surface area contributed by atoms with E-state index in [9.17, 15) is 0 Å².